The summed E-state index contributed by atoms with van der Waals surface area (Å²) in [5.74, 6) is 0. The van der Waals surface area contributed by atoms with E-state index in [-0.39, 0.29) is 30.4 Å². The number of hydrogen-bond acceptors (Lipinski definition) is 4. The minimum absolute atomic E-state index is 0.106. The molecule has 0 aliphatic carbocycles. The summed E-state index contributed by atoms with van der Waals surface area (Å²) in [7, 11) is 0. The van der Waals surface area contributed by atoms with Gasteiger partial charge in [0.15, 0.2) is 0 Å². The first kappa shape index (κ1) is 18.2. The van der Waals surface area contributed by atoms with Gasteiger partial charge in [0.25, 0.3) is 5.56 Å². The molecule has 1 aliphatic heterocycles. The summed E-state index contributed by atoms with van der Waals surface area (Å²) in [6.07, 6.45) is 3.31. The summed E-state index contributed by atoms with van der Waals surface area (Å²) < 4.78 is 5.48. The zero-order valence-corrected chi connectivity index (χ0v) is 14.9. The van der Waals surface area contributed by atoms with Gasteiger partial charge in [0.2, 0.25) is 0 Å². The number of carbonyl (C=O) groups excluding carboxylic acids is 1. The van der Waals surface area contributed by atoms with Crippen LogP contribution in [0.15, 0.2) is 47.4 Å². The largest absolute Gasteiger partial charge is 0.446 e. The fourth-order valence-corrected chi connectivity index (χ4v) is 3.29. The molecule has 26 heavy (non-hydrogen) atoms. The number of nitrogens with zero attached hydrogens (tertiary/aromatic N) is 1. The van der Waals surface area contributed by atoms with Gasteiger partial charge in [-0.15, -0.1) is 0 Å². The van der Waals surface area contributed by atoms with Crippen LogP contribution in [0.3, 0.4) is 0 Å². The standard InChI is InChI=1S/C20H24N2O4/c1-14(22-12-10-17(4-3-13-23)26-20(22)25)15-6-8-16(9-7-15)18-5-2-11-21-19(18)24/h2,5-9,11,14,17,23H,3-4,10,12-13H2,1H3,(H,21,24). The van der Waals surface area contributed by atoms with Crippen LogP contribution in [0.1, 0.15) is 37.8 Å². The number of benzene rings is 1. The highest BCUT2D eigenvalue weighted by Crippen LogP contribution is 2.27. The Balaban J connectivity index is 1.69. The molecule has 6 nitrogen and oxygen atoms in total. The van der Waals surface area contributed by atoms with Crippen molar-refractivity contribution < 1.29 is 14.6 Å². The monoisotopic (exact) mass is 356 g/mol. The molecule has 1 saturated heterocycles. The maximum atomic E-state index is 12.3. The number of carbonyl (C=O) groups is 1. The summed E-state index contributed by atoms with van der Waals surface area (Å²) >= 11 is 0. The first-order chi connectivity index (χ1) is 12.6. The summed E-state index contributed by atoms with van der Waals surface area (Å²) in [6.45, 7) is 2.72. The van der Waals surface area contributed by atoms with Crippen molar-refractivity contribution in [1.82, 2.24) is 9.88 Å². The number of pyridine rings is 1. The van der Waals surface area contributed by atoms with Crippen LogP contribution in [0, 0.1) is 0 Å². The molecule has 1 aromatic heterocycles. The van der Waals surface area contributed by atoms with Gasteiger partial charge in [-0.3, -0.25) is 4.79 Å². The van der Waals surface area contributed by atoms with Gasteiger partial charge in [0, 0.05) is 31.3 Å². The Labute approximate surface area is 152 Å². The molecular weight excluding hydrogens is 332 g/mol. The van der Waals surface area contributed by atoms with E-state index >= 15 is 0 Å². The van der Waals surface area contributed by atoms with Crippen molar-refractivity contribution in [2.75, 3.05) is 13.2 Å². The smallest absolute Gasteiger partial charge is 0.410 e. The summed E-state index contributed by atoms with van der Waals surface area (Å²) in [5.41, 5.74) is 2.33. The van der Waals surface area contributed by atoms with Crippen molar-refractivity contribution in [1.29, 1.82) is 0 Å². The third kappa shape index (κ3) is 3.96. The normalized spacial score (nSPS) is 18.5. The van der Waals surface area contributed by atoms with E-state index in [1.807, 2.05) is 31.2 Å². The Bertz CT molecular complexity index is 800. The minimum atomic E-state index is -0.310. The number of aromatic nitrogens is 1. The van der Waals surface area contributed by atoms with E-state index in [9.17, 15) is 9.59 Å². The van der Waals surface area contributed by atoms with Gasteiger partial charge in [-0.1, -0.05) is 24.3 Å². The maximum absolute atomic E-state index is 12.3. The second-order valence-electron chi connectivity index (χ2n) is 6.56. The third-order valence-electron chi connectivity index (χ3n) is 4.87. The number of amides is 1. The van der Waals surface area contributed by atoms with Crippen LogP contribution in [0.25, 0.3) is 11.1 Å². The van der Waals surface area contributed by atoms with Gasteiger partial charge in [-0.25, -0.2) is 4.79 Å². The molecule has 6 heteroatoms. The van der Waals surface area contributed by atoms with E-state index in [4.69, 9.17) is 9.84 Å². The van der Waals surface area contributed by atoms with Gasteiger partial charge in [0.1, 0.15) is 6.10 Å². The summed E-state index contributed by atoms with van der Waals surface area (Å²) in [4.78, 5) is 28.6. The van der Waals surface area contributed by atoms with Crippen LogP contribution in [-0.4, -0.2) is 40.3 Å². The molecule has 2 atom stereocenters. The predicted molar refractivity (Wildman–Crippen MR) is 98.8 cm³/mol. The van der Waals surface area contributed by atoms with Crippen LogP contribution in [0.4, 0.5) is 4.79 Å². The molecule has 138 valence electrons. The first-order valence-corrected chi connectivity index (χ1v) is 8.96. The quantitative estimate of drug-likeness (QED) is 0.833. The molecule has 0 bridgehead atoms. The van der Waals surface area contributed by atoms with Crippen molar-refractivity contribution in [2.24, 2.45) is 0 Å². The van der Waals surface area contributed by atoms with Crippen molar-refractivity contribution in [3.63, 3.8) is 0 Å². The average Bonchev–Trinajstić information content (AvgIpc) is 2.66. The number of ether oxygens (including phenoxy) is 1. The Hall–Kier alpha value is -2.60. The van der Waals surface area contributed by atoms with E-state index in [2.05, 4.69) is 4.98 Å². The van der Waals surface area contributed by atoms with Gasteiger partial charge in [0.05, 0.1) is 6.04 Å². The number of aliphatic hydroxyl groups is 1. The lowest BCUT2D eigenvalue weighted by Crippen LogP contribution is -2.43. The SMILES string of the molecule is CC(c1ccc(-c2ccc[nH]c2=O)cc1)N1CCC(CCCO)OC1=O. The zero-order valence-electron chi connectivity index (χ0n) is 14.9. The number of cyclic esters (lactones) is 1. The second kappa shape index (κ2) is 8.19. The fourth-order valence-electron chi connectivity index (χ4n) is 3.29. The molecule has 3 rings (SSSR count). The lowest BCUT2D eigenvalue weighted by Gasteiger charge is -2.35. The minimum Gasteiger partial charge on any atom is -0.446 e. The molecule has 2 aromatic rings. The molecule has 1 amide bonds. The van der Waals surface area contributed by atoms with Crippen molar-refractivity contribution >= 4 is 6.09 Å². The number of aliphatic hydroxyl groups excluding tert-OH is 1. The highest BCUT2D eigenvalue weighted by Gasteiger charge is 2.30. The van der Waals surface area contributed by atoms with Crippen LogP contribution >= 0.6 is 0 Å². The zero-order chi connectivity index (χ0) is 18.5. The van der Waals surface area contributed by atoms with E-state index in [0.717, 1.165) is 17.5 Å². The molecule has 2 unspecified atom stereocenters. The van der Waals surface area contributed by atoms with Crippen molar-refractivity contribution in [3.8, 4) is 11.1 Å². The van der Waals surface area contributed by atoms with Crippen LogP contribution in [0.5, 0.6) is 0 Å². The molecule has 0 spiro atoms. The van der Waals surface area contributed by atoms with E-state index < -0.39 is 0 Å². The Morgan fingerprint density at radius 1 is 1.27 bits per heavy atom. The molecule has 0 radical (unpaired) electrons. The predicted octanol–water partition coefficient (Wildman–Crippen LogP) is 3.09. The fraction of sp³-hybridized carbons (Fsp3) is 0.400. The van der Waals surface area contributed by atoms with Crippen LogP contribution < -0.4 is 5.56 Å². The molecule has 0 saturated carbocycles. The third-order valence-corrected chi connectivity index (χ3v) is 4.87. The van der Waals surface area contributed by atoms with Gasteiger partial charge in [-0.05, 0) is 43.0 Å². The number of nitrogens with one attached hydrogen (secondary N) is 1. The molecular formula is C20H24N2O4. The highest BCUT2D eigenvalue weighted by atomic mass is 16.6. The van der Waals surface area contributed by atoms with Gasteiger partial charge < -0.3 is 19.7 Å². The number of aromatic amines is 1. The van der Waals surface area contributed by atoms with Crippen LogP contribution in [0.2, 0.25) is 0 Å². The Kier molecular flexibility index (Phi) is 5.73. The average molecular weight is 356 g/mol. The van der Waals surface area contributed by atoms with Crippen LogP contribution in [-0.2, 0) is 4.74 Å². The van der Waals surface area contributed by atoms with Crippen molar-refractivity contribution in [2.45, 2.75) is 38.3 Å². The molecule has 2 N–H and O–H groups in total. The Morgan fingerprint density at radius 2 is 2.04 bits per heavy atom. The first-order valence-electron chi connectivity index (χ1n) is 8.96. The van der Waals surface area contributed by atoms with E-state index in [1.165, 1.54) is 0 Å². The maximum Gasteiger partial charge on any atom is 0.410 e. The summed E-state index contributed by atoms with van der Waals surface area (Å²) in [5, 5.41) is 8.90. The number of hydrogen-bond donors (Lipinski definition) is 2. The topological polar surface area (TPSA) is 82.6 Å². The second-order valence-corrected chi connectivity index (χ2v) is 6.56. The molecule has 2 heterocycles. The van der Waals surface area contributed by atoms with E-state index in [1.54, 1.807) is 23.2 Å². The molecule has 1 aromatic carbocycles. The highest BCUT2D eigenvalue weighted by molar-refractivity contribution is 5.69. The lowest BCUT2D eigenvalue weighted by atomic mass is 10.0. The number of H-pyrrole nitrogens is 1. The van der Waals surface area contributed by atoms with Crippen molar-refractivity contribution in [3.05, 3.63) is 58.5 Å². The number of rotatable bonds is 6. The van der Waals surface area contributed by atoms with E-state index in [0.29, 0.717) is 24.9 Å². The Morgan fingerprint density at radius 3 is 2.69 bits per heavy atom. The molecule has 1 aliphatic rings. The van der Waals surface area contributed by atoms with Gasteiger partial charge >= 0.3 is 6.09 Å². The molecule has 1 fully saturated rings. The van der Waals surface area contributed by atoms with Gasteiger partial charge in [-0.2, -0.15) is 0 Å². The lowest BCUT2D eigenvalue weighted by molar-refractivity contribution is 0.00760. The summed E-state index contributed by atoms with van der Waals surface area (Å²) in [6, 6.07) is 11.2.